The fraction of sp³-hybridized carbons (Fsp3) is 0.714. The van der Waals surface area contributed by atoms with Crippen LogP contribution in [0.5, 0.6) is 0 Å². The first-order chi connectivity index (χ1) is 8.43. The summed E-state index contributed by atoms with van der Waals surface area (Å²) in [5, 5.41) is 11.8. The first-order valence-electron chi connectivity index (χ1n) is 6.39. The van der Waals surface area contributed by atoms with Gasteiger partial charge in [-0.3, -0.25) is 14.4 Å². The number of hydroxylamine groups is 2. The molecule has 105 valence electrons. The Labute approximate surface area is 113 Å². The highest BCUT2D eigenvalue weighted by atomic mass is 16.9. The van der Waals surface area contributed by atoms with Gasteiger partial charge in [0.1, 0.15) is 0 Å². The van der Waals surface area contributed by atoms with Crippen molar-refractivity contribution in [3.63, 3.8) is 0 Å². The van der Waals surface area contributed by atoms with Gasteiger partial charge in [0.2, 0.25) is 0 Å². The Morgan fingerprint density at radius 2 is 1.68 bits per heavy atom. The van der Waals surface area contributed by atoms with E-state index in [1.54, 1.807) is 0 Å². The lowest BCUT2D eigenvalue weighted by Crippen LogP contribution is -2.79. The van der Waals surface area contributed by atoms with Crippen LogP contribution in [-0.4, -0.2) is 28.4 Å². The summed E-state index contributed by atoms with van der Waals surface area (Å²) in [6, 6.07) is -1.05. The number of ketones is 2. The predicted octanol–water partition coefficient (Wildman–Crippen LogP) is 1.86. The largest absolute Gasteiger partial charge is 0.293 e. The van der Waals surface area contributed by atoms with E-state index in [1.807, 2.05) is 41.5 Å². The molecule has 1 heterocycles. The lowest BCUT2D eigenvalue weighted by Gasteiger charge is -2.57. The van der Waals surface area contributed by atoms with E-state index in [1.165, 1.54) is 6.08 Å². The van der Waals surface area contributed by atoms with Crippen LogP contribution >= 0.6 is 0 Å². The van der Waals surface area contributed by atoms with E-state index in [0.29, 0.717) is 5.57 Å². The van der Waals surface area contributed by atoms with Gasteiger partial charge < -0.3 is 0 Å². The summed E-state index contributed by atoms with van der Waals surface area (Å²) in [5.74, 6) is -0.593. The molecular weight excluding hydrogens is 246 g/mol. The Morgan fingerprint density at radius 3 is 2.05 bits per heavy atom. The average Bonchev–Trinajstić information content (AvgIpc) is 2.16. The second kappa shape index (κ2) is 3.75. The number of hydrogen-bond donors (Lipinski definition) is 0. The van der Waals surface area contributed by atoms with Gasteiger partial charge in [-0.05, 0) is 16.7 Å². The van der Waals surface area contributed by atoms with Gasteiger partial charge in [0.15, 0.2) is 23.2 Å². The maximum Gasteiger partial charge on any atom is 0.196 e. The van der Waals surface area contributed by atoms with Crippen LogP contribution in [-0.2, 0) is 19.6 Å². The fourth-order valence-electron chi connectivity index (χ4n) is 2.75. The molecule has 2 aliphatic rings. The van der Waals surface area contributed by atoms with Crippen molar-refractivity contribution in [2.45, 2.75) is 53.2 Å². The molecule has 2 atom stereocenters. The number of carbonyl (C=O) groups excluding carboxylic acids is 2. The first-order valence-corrected chi connectivity index (χ1v) is 6.39. The topological polar surface area (TPSA) is 66.5 Å². The van der Waals surface area contributed by atoms with Crippen LogP contribution in [0.4, 0.5) is 0 Å². The van der Waals surface area contributed by atoms with E-state index >= 15 is 0 Å². The van der Waals surface area contributed by atoms with Crippen LogP contribution in [0.2, 0.25) is 0 Å². The van der Waals surface area contributed by atoms with Gasteiger partial charge in [-0.15, -0.1) is 0 Å². The highest BCUT2D eigenvalue weighted by molar-refractivity contribution is 6.17. The van der Waals surface area contributed by atoms with E-state index in [4.69, 9.17) is 4.84 Å². The fourth-order valence-corrected chi connectivity index (χ4v) is 2.75. The van der Waals surface area contributed by atoms with Gasteiger partial charge in [-0.2, -0.15) is 0 Å². The van der Waals surface area contributed by atoms with Crippen molar-refractivity contribution in [2.24, 2.45) is 10.8 Å². The lowest BCUT2D eigenvalue weighted by molar-refractivity contribution is -0.522. The van der Waals surface area contributed by atoms with Gasteiger partial charge in [-0.25, -0.2) is 0 Å². The molecule has 0 bridgehead atoms. The maximum atomic E-state index is 12.8. The third-order valence-corrected chi connectivity index (χ3v) is 3.89. The molecule has 2 rings (SSSR count). The van der Waals surface area contributed by atoms with Crippen molar-refractivity contribution in [2.75, 3.05) is 0 Å². The van der Waals surface area contributed by atoms with Crippen LogP contribution in [0.15, 0.2) is 11.6 Å². The summed E-state index contributed by atoms with van der Waals surface area (Å²) in [7, 11) is 0. The molecule has 1 fully saturated rings. The second-order valence-electron chi connectivity index (χ2n) is 7.30. The Morgan fingerprint density at radius 1 is 1.16 bits per heavy atom. The normalized spacial score (nSPS) is 32.8. The molecule has 19 heavy (non-hydrogen) atoms. The molecule has 0 N–H and O–H groups in total. The van der Waals surface area contributed by atoms with E-state index in [-0.39, 0.29) is 16.8 Å². The van der Waals surface area contributed by atoms with Crippen molar-refractivity contribution < 1.29 is 19.6 Å². The second-order valence-corrected chi connectivity index (χ2v) is 7.30. The summed E-state index contributed by atoms with van der Waals surface area (Å²) < 4.78 is 0. The number of rotatable bonds is 0. The minimum Gasteiger partial charge on any atom is -0.293 e. The van der Waals surface area contributed by atoms with E-state index in [9.17, 15) is 14.8 Å². The van der Waals surface area contributed by atoms with E-state index in [0.717, 1.165) is 0 Å². The van der Waals surface area contributed by atoms with Crippen LogP contribution < -0.4 is 0 Å². The summed E-state index contributed by atoms with van der Waals surface area (Å²) in [6.45, 7) is 11.0. The molecule has 5 heteroatoms. The highest BCUT2D eigenvalue weighted by Crippen LogP contribution is 2.52. The van der Waals surface area contributed by atoms with Crippen molar-refractivity contribution in [1.29, 1.82) is 0 Å². The van der Waals surface area contributed by atoms with Gasteiger partial charge in [-0.1, -0.05) is 46.7 Å². The van der Waals surface area contributed by atoms with Crippen molar-refractivity contribution >= 4 is 11.6 Å². The summed E-state index contributed by atoms with van der Waals surface area (Å²) in [5.41, 5.74) is -2.01. The van der Waals surface area contributed by atoms with E-state index in [2.05, 4.69) is 0 Å². The molecule has 0 aromatic carbocycles. The van der Waals surface area contributed by atoms with Gasteiger partial charge in [0.25, 0.3) is 0 Å². The lowest BCUT2D eigenvalue weighted by atomic mass is 9.60. The Balaban J connectivity index is 2.60. The molecule has 0 spiro atoms. The van der Waals surface area contributed by atoms with Crippen LogP contribution in [0.1, 0.15) is 41.5 Å². The average molecular weight is 266 g/mol. The SMILES string of the molecule is CC(C)(C)C1=CC(=O)C2N([O])OC2(C(C)(C)C)C1=O. The summed E-state index contributed by atoms with van der Waals surface area (Å²) >= 11 is 0. The number of nitrogens with zero attached hydrogens (tertiary/aromatic N) is 1. The number of carbonyl (C=O) groups is 2. The van der Waals surface area contributed by atoms with Crippen LogP contribution in [0.25, 0.3) is 0 Å². The zero-order valence-corrected chi connectivity index (χ0v) is 12.2. The molecule has 1 aliphatic heterocycles. The third-order valence-electron chi connectivity index (χ3n) is 3.89. The van der Waals surface area contributed by atoms with Crippen molar-refractivity contribution in [3.05, 3.63) is 11.6 Å². The molecule has 1 radical (unpaired) electrons. The van der Waals surface area contributed by atoms with Gasteiger partial charge in [0.05, 0.1) is 0 Å². The van der Waals surface area contributed by atoms with Crippen molar-refractivity contribution in [3.8, 4) is 0 Å². The quantitative estimate of drug-likeness (QED) is 0.671. The molecule has 0 amide bonds. The van der Waals surface area contributed by atoms with Crippen LogP contribution in [0.3, 0.4) is 0 Å². The molecular formula is C14H20NO4. The van der Waals surface area contributed by atoms with Crippen LogP contribution in [0, 0.1) is 10.8 Å². The predicted molar refractivity (Wildman–Crippen MR) is 67.1 cm³/mol. The first kappa shape index (κ1) is 14.4. The maximum absolute atomic E-state index is 12.8. The minimum absolute atomic E-state index is 0.246. The van der Waals surface area contributed by atoms with Gasteiger partial charge >= 0.3 is 0 Å². The standard InChI is InChI=1S/C14H20NO4/c1-12(2,3)8-7-9(16)10-14(11(8)17,13(4,5)6)19-15(10)18/h7,10H,1-6H3. The van der Waals surface area contributed by atoms with Crippen molar-refractivity contribution in [1.82, 2.24) is 5.23 Å². The molecule has 0 aromatic heterocycles. The third kappa shape index (κ3) is 1.72. The number of hydrogen-bond acceptors (Lipinski definition) is 4. The molecule has 1 saturated heterocycles. The summed E-state index contributed by atoms with van der Waals surface area (Å²) in [4.78, 5) is 30.1. The Hall–Kier alpha value is -1.04. The smallest absolute Gasteiger partial charge is 0.196 e. The Kier molecular flexibility index (Phi) is 2.83. The molecule has 1 aliphatic carbocycles. The highest BCUT2D eigenvalue weighted by Gasteiger charge is 2.71. The molecule has 0 saturated carbocycles. The van der Waals surface area contributed by atoms with E-state index < -0.39 is 22.5 Å². The summed E-state index contributed by atoms with van der Waals surface area (Å²) in [6.07, 6.45) is 1.31. The monoisotopic (exact) mass is 266 g/mol. The Bertz CT molecular complexity index is 481. The minimum atomic E-state index is -1.36. The molecule has 2 unspecified atom stereocenters. The molecule has 0 aromatic rings. The zero-order chi connectivity index (χ0) is 14.8. The number of fused-ring (bicyclic) bond motifs is 1. The van der Waals surface area contributed by atoms with Gasteiger partial charge in [0, 0.05) is 11.0 Å². The molecule has 5 nitrogen and oxygen atoms in total. The zero-order valence-electron chi connectivity index (χ0n) is 12.2. The number of Topliss-reactive ketones (excluding diaryl/α,β-unsaturated/α-hetero) is 1.